The van der Waals surface area contributed by atoms with Crippen LogP contribution in [0.2, 0.25) is 0 Å². The molecule has 18 aromatic rings. The second kappa shape index (κ2) is 23.7. The molecule has 6 heteroatoms. The van der Waals surface area contributed by atoms with Crippen molar-refractivity contribution in [2.24, 2.45) is 7.05 Å². The molecule has 0 amide bonds. The second-order valence-corrected chi connectivity index (χ2v) is 30.9. The molecule has 20 rings (SSSR count). The van der Waals surface area contributed by atoms with Gasteiger partial charge in [-0.3, -0.25) is 0 Å². The molecule has 2 aliphatic rings. The summed E-state index contributed by atoms with van der Waals surface area (Å²) in [4.78, 5) is 5.46. The summed E-state index contributed by atoms with van der Waals surface area (Å²) in [6.07, 6.45) is 0. The molecule has 0 fully saturated rings. The van der Waals surface area contributed by atoms with E-state index in [0.717, 1.165) is 123 Å². The highest BCUT2D eigenvalue weighted by molar-refractivity contribution is 7.00. The van der Waals surface area contributed by atoms with E-state index in [2.05, 4.69) is 406 Å². The Hall–Kier alpha value is -12.6. The molecule has 500 valence electrons. The van der Waals surface area contributed by atoms with Crippen molar-refractivity contribution in [1.29, 1.82) is 0 Å². The Balaban J connectivity index is 0.998. The highest BCUT2D eigenvalue weighted by Gasteiger charge is 2.46. The monoisotopic (exact) mass is 1350 g/mol. The first-order chi connectivity index (χ1) is 51.3. The van der Waals surface area contributed by atoms with Crippen LogP contribution in [0.25, 0.3) is 132 Å². The predicted molar refractivity (Wildman–Crippen MR) is 448 cm³/mol. The van der Waals surface area contributed by atoms with E-state index in [9.17, 15) is 0 Å². The minimum atomic E-state index is -0.273. The number of benzene rings is 15. The molecule has 0 N–H and O–H groups in total. The van der Waals surface area contributed by atoms with Crippen LogP contribution in [-0.2, 0) is 17.9 Å². The average Bonchev–Trinajstić information content (AvgIpc) is 0.954. The van der Waals surface area contributed by atoms with Crippen LogP contribution in [-0.4, -0.2) is 20.4 Å². The molecule has 0 unspecified atom stereocenters. The molecule has 0 atom stereocenters. The molecule has 0 bridgehead atoms. The molecular weight excluding hydrogens is 1270 g/mol. The maximum Gasteiger partial charge on any atom is 0.252 e. The molecule has 0 spiro atoms. The van der Waals surface area contributed by atoms with Crippen LogP contribution >= 0.6 is 0 Å². The Labute approximate surface area is 613 Å². The van der Waals surface area contributed by atoms with Gasteiger partial charge < -0.3 is 23.5 Å². The topological polar surface area (TPSA) is 21.3 Å². The summed E-state index contributed by atoms with van der Waals surface area (Å²) in [5.41, 5.74) is 33.2. The molecule has 5 nitrogen and oxygen atoms in total. The molecule has 105 heavy (non-hydrogen) atoms. The molecule has 15 aromatic carbocycles. The number of aryl methyl sites for hydroxylation is 1. The number of nitrogens with zero attached hydrogens (tertiary/aromatic N) is 5. The van der Waals surface area contributed by atoms with Gasteiger partial charge in [-0.05, 0) is 175 Å². The van der Waals surface area contributed by atoms with Gasteiger partial charge in [-0.25, -0.2) is 0 Å². The summed E-state index contributed by atoms with van der Waals surface area (Å²) in [5.74, 6) is 0. The zero-order valence-electron chi connectivity index (χ0n) is 60.1. The largest absolute Gasteiger partial charge is 0.344 e. The summed E-state index contributed by atoms with van der Waals surface area (Å²) >= 11 is 0. The summed E-state index contributed by atoms with van der Waals surface area (Å²) in [6, 6.07) is 127. The van der Waals surface area contributed by atoms with Gasteiger partial charge in [0.2, 0.25) is 0 Å². The zero-order valence-corrected chi connectivity index (χ0v) is 60.1. The van der Waals surface area contributed by atoms with Crippen molar-refractivity contribution >= 4 is 123 Å². The van der Waals surface area contributed by atoms with E-state index < -0.39 is 0 Å². The SMILES string of the molecule is Cn1c2ccccc2c2cc(-c3cc4c5c(c3)N(c3c(-c6ccccc6)cc(C(C)(C)C)cc3-c3ccccc3)c3cc(-n6c7ccccc7c7ccccc76)ccc3B5c3ccc(-n5c6ccccc6c6ccccc65)cc3N4c3c(-c4ccccc4)cc(C(C)(C)C)cc3-c3ccccc3)ccc21. The van der Waals surface area contributed by atoms with Crippen LogP contribution in [0.5, 0.6) is 0 Å². The number of rotatable bonds is 9. The lowest BCUT2D eigenvalue weighted by Crippen LogP contribution is -2.61. The van der Waals surface area contributed by atoms with E-state index in [0.29, 0.717) is 0 Å². The lowest BCUT2D eigenvalue weighted by molar-refractivity contribution is 0.590. The molecular formula is C99H76BN5. The zero-order chi connectivity index (χ0) is 70.6. The number of hydrogen-bond acceptors (Lipinski definition) is 2. The maximum atomic E-state index is 2.73. The fourth-order valence-electron chi connectivity index (χ4n) is 17.6. The normalized spacial score (nSPS) is 12.8. The summed E-state index contributed by atoms with van der Waals surface area (Å²) in [6.45, 7) is 13.9. The molecule has 2 aliphatic heterocycles. The van der Waals surface area contributed by atoms with Crippen molar-refractivity contribution in [1.82, 2.24) is 13.7 Å². The van der Waals surface area contributed by atoms with Gasteiger partial charge in [0.1, 0.15) is 0 Å². The van der Waals surface area contributed by atoms with Crippen molar-refractivity contribution in [2.45, 2.75) is 52.4 Å². The van der Waals surface area contributed by atoms with Gasteiger partial charge in [0.05, 0.1) is 33.4 Å². The van der Waals surface area contributed by atoms with Gasteiger partial charge in [-0.1, -0.05) is 272 Å². The number of para-hydroxylation sites is 5. The first-order valence-electron chi connectivity index (χ1n) is 36.9. The third-order valence-corrected chi connectivity index (χ3v) is 22.7. The molecule has 0 saturated heterocycles. The Morgan fingerprint density at radius 2 is 0.562 bits per heavy atom. The third-order valence-electron chi connectivity index (χ3n) is 22.7. The fourth-order valence-corrected chi connectivity index (χ4v) is 17.6. The van der Waals surface area contributed by atoms with Crippen molar-refractivity contribution in [2.75, 3.05) is 9.80 Å². The molecule has 3 aromatic heterocycles. The van der Waals surface area contributed by atoms with Gasteiger partial charge in [-0.15, -0.1) is 0 Å². The molecule has 0 aliphatic carbocycles. The van der Waals surface area contributed by atoms with E-state index in [-0.39, 0.29) is 17.5 Å². The molecule has 0 saturated carbocycles. The van der Waals surface area contributed by atoms with Crippen LogP contribution in [0.1, 0.15) is 52.7 Å². The van der Waals surface area contributed by atoms with Crippen LogP contribution in [0, 0.1) is 0 Å². The van der Waals surface area contributed by atoms with E-state index >= 15 is 0 Å². The Bertz CT molecular complexity index is 6000. The number of anilines is 6. The minimum absolute atomic E-state index is 0.211. The van der Waals surface area contributed by atoms with E-state index in [1.54, 1.807) is 0 Å². The van der Waals surface area contributed by atoms with Crippen molar-refractivity contribution in [3.63, 3.8) is 0 Å². The predicted octanol–water partition coefficient (Wildman–Crippen LogP) is 24.5. The van der Waals surface area contributed by atoms with Crippen molar-refractivity contribution in [3.05, 3.63) is 345 Å². The van der Waals surface area contributed by atoms with Crippen molar-refractivity contribution < 1.29 is 0 Å². The van der Waals surface area contributed by atoms with Gasteiger partial charge in [0.25, 0.3) is 6.71 Å². The highest BCUT2D eigenvalue weighted by atomic mass is 15.2. The smallest absolute Gasteiger partial charge is 0.252 e. The Morgan fingerprint density at radius 3 is 0.914 bits per heavy atom. The lowest BCUT2D eigenvalue weighted by Gasteiger charge is -2.46. The number of aromatic nitrogens is 3. The van der Waals surface area contributed by atoms with Crippen molar-refractivity contribution in [3.8, 4) is 67.0 Å². The summed E-state index contributed by atoms with van der Waals surface area (Å²) in [5, 5.41) is 7.35. The van der Waals surface area contributed by atoms with Crippen LogP contribution in [0.4, 0.5) is 34.1 Å². The fraction of sp³-hybridized carbons (Fsp3) is 0.0909. The van der Waals surface area contributed by atoms with Gasteiger partial charge in [-0.2, -0.15) is 0 Å². The highest BCUT2D eigenvalue weighted by Crippen LogP contribution is 2.56. The third kappa shape index (κ3) is 9.76. The first kappa shape index (κ1) is 62.2. The molecule has 0 radical (unpaired) electrons. The van der Waals surface area contributed by atoms with E-state index in [1.165, 1.54) is 70.9 Å². The Morgan fingerprint density at radius 1 is 0.248 bits per heavy atom. The van der Waals surface area contributed by atoms with Gasteiger partial charge in [0.15, 0.2) is 0 Å². The lowest BCUT2D eigenvalue weighted by atomic mass is 9.33. The first-order valence-corrected chi connectivity index (χ1v) is 36.9. The average molecular weight is 1350 g/mol. The van der Waals surface area contributed by atoms with Gasteiger partial charge >= 0.3 is 0 Å². The van der Waals surface area contributed by atoms with E-state index in [1.807, 2.05) is 0 Å². The maximum absolute atomic E-state index is 2.73. The van der Waals surface area contributed by atoms with Crippen LogP contribution in [0.3, 0.4) is 0 Å². The van der Waals surface area contributed by atoms with Gasteiger partial charge in [0, 0.05) is 107 Å². The molecule has 5 heterocycles. The van der Waals surface area contributed by atoms with Crippen LogP contribution in [0.15, 0.2) is 334 Å². The standard InChI is InChI=1S/C99H76BN5/c1-98(2,3)69-57-78(63-30-12-8-13-31-63)96(79(58-69)64-32-14-9-15-33-64)104-91-61-71(102-87-44-26-21-38-73(87)74-39-22-27-45-88(74)102)49-51-83(91)100-84-52-50-72(103-89-46-28-23-40-75(89)76-41-24-29-47-90(76)103)62-92(84)105(97-80(65-34-16-10-17-35-65)59-70(99(4,5)6)60-81(97)66-36-18-11-19-37-66)94-56-68(55-93(104)95(94)100)67-48-53-86-82(54-67)77-42-20-25-43-85(77)101(86)7/h8-62H,1-7H3. The second-order valence-electron chi connectivity index (χ2n) is 30.9. The Kier molecular flexibility index (Phi) is 14.0. The van der Waals surface area contributed by atoms with Crippen LogP contribution < -0.4 is 26.2 Å². The minimum Gasteiger partial charge on any atom is -0.344 e. The number of fused-ring (bicyclic) bond motifs is 13. The number of hydrogen-bond donors (Lipinski definition) is 0. The van der Waals surface area contributed by atoms with E-state index in [4.69, 9.17) is 0 Å². The summed E-state index contributed by atoms with van der Waals surface area (Å²) < 4.78 is 7.36. The quantitative estimate of drug-likeness (QED) is 0.134. The summed E-state index contributed by atoms with van der Waals surface area (Å²) in [7, 11) is 2.21.